The fraction of sp³-hybridized carbons (Fsp3) is 0.647. The summed E-state index contributed by atoms with van der Waals surface area (Å²) in [7, 11) is 0. The van der Waals surface area contributed by atoms with E-state index in [1.807, 2.05) is 6.92 Å². The molecule has 3 atom stereocenters. The van der Waals surface area contributed by atoms with Crippen molar-refractivity contribution in [3.8, 4) is 0 Å². The number of hydrogen-bond acceptors (Lipinski definition) is 6. The average molecular weight is 356 g/mol. The van der Waals surface area contributed by atoms with E-state index >= 15 is 0 Å². The predicted molar refractivity (Wildman–Crippen MR) is 89.1 cm³/mol. The van der Waals surface area contributed by atoms with Crippen LogP contribution in [0, 0.1) is 5.92 Å². The minimum Gasteiger partial charge on any atom is -0.511 e. The van der Waals surface area contributed by atoms with E-state index in [0.29, 0.717) is 38.2 Å². The minimum absolute atomic E-state index is 0.0442. The van der Waals surface area contributed by atoms with Crippen molar-refractivity contribution in [1.82, 2.24) is 0 Å². The Morgan fingerprint density at radius 2 is 2.38 bits per heavy atom. The first kappa shape index (κ1) is 17.5. The van der Waals surface area contributed by atoms with Crippen LogP contribution in [0.1, 0.15) is 32.6 Å². The van der Waals surface area contributed by atoms with Gasteiger partial charge in [0.2, 0.25) is 0 Å². The van der Waals surface area contributed by atoms with Gasteiger partial charge in [-0.15, -0.1) is 0 Å². The predicted octanol–water partition coefficient (Wildman–Crippen LogP) is 2.87. The molecule has 2 fully saturated rings. The molecule has 3 unspecified atom stereocenters. The molecule has 6 nitrogen and oxygen atoms in total. The molecule has 2 heterocycles. The fourth-order valence-electron chi connectivity index (χ4n) is 3.61. The molecule has 132 valence electrons. The summed E-state index contributed by atoms with van der Waals surface area (Å²) in [5.41, 5.74) is 1.70. The molecule has 1 N–H and O–H groups in total. The lowest BCUT2D eigenvalue weighted by Crippen LogP contribution is -2.40. The SMILES string of the molecule is CCC(=NOCC=CCl)C1=C(O)CC(C23COCCC2O3)CC1=O. The van der Waals surface area contributed by atoms with Crippen molar-refractivity contribution in [2.45, 2.75) is 44.3 Å². The van der Waals surface area contributed by atoms with Crippen LogP contribution in [0.5, 0.6) is 0 Å². The summed E-state index contributed by atoms with van der Waals surface area (Å²) < 4.78 is 11.4. The third-order valence-electron chi connectivity index (χ3n) is 4.89. The number of carbonyl (C=O) groups is 1. The maximum absolute atomic E-state index is 12.6. The molecule has 7 heteroatoms. The van der Waals surface area contributed by atoms with Gasteiger partial charge in [-0.3, -0.25) is 4.79 Å². The molecule has 0 aromatic rings. The molecule has 24 heavy (non-hydrogen) atoms. The van der Waals surface area contributed by atoms with Crippen LogP contribution in [0.3, 0.4) is 0 Å². The van der Waals surface area contributed by atoms with Crippen molar-refractivity contribution >= 4 is 23.1 Å². The van der Waals surface area contributed by atoms with Crippen molar-refractivity contribution < 1.29 is 24.2 Å². The molecule has 2 saturated heterocycles. The molecule has 3 aliphatic rings. The Morgan fingerprint density at radius 3 is 3.04 bits per heavy atom. The lowest BCUT2D eigenvalue weighted by Gasteiger charge is -2.30. The highest BCUT2D eigenvalue weighted by Crippen LogP contribution is 2.52. The van der Waals surface area contributed by atoms with E-state index in [9.17, 15) is 9.90 Å². The van der Waals surface area contributed by atoms with Gasteiger partial charge < -0.3 is 19.4 Å². The van der Waals surface area contributed by atoms with E-state index < -0.39 is 5.60 Å². The number of aliphatic hydroxyl groups excluding tert-OH is 1. The van der Waals surface area contributed by atoms with Crippen LogP contribution >= 0.6 is 11.6 Å². The summed E-state index contributed by atoms with van der Waals surface area (Å²) in [6.07, 6.45) is 3.84. The summed E-state index contributed by atoms with van der Waals surface area (Å²) in [6.45, 7) is 3.28. The van der Waals surface area contributed by atoms with Gasteiger partial charge in [0.15, 0.2) is 5.78 Å². The molecular weight excluding hydrogens is 334 g/mol. The van der Waals surface area contributed by atoms with Gasteiger partial charge in [-0.2, -0.15) is 0 Å². The molecule has 0 saturated carbocycles. The lowest BCUT2D eigenvalue weighted by molar-refractivity contribution is -0.117. The second-order valence-electron chi connectivity index (χ2n) is 6.30. The van der Waals surface area contributed by atoms with E-state index in [4.69, 9.17) is 25.9 Å². The lowest BCUT2D eigenvalue weighted by atomic mass is 9.75. The number of carbonyl (C=O) groups excluding carboxylic acids is 1. The summed E-state index contributed by atoms with van der Waals surface area (Å²) >= 11 is 5.42. The number of ketones is 1. The minimum atomic E-state index is -0.390. The number of hydrogen-bond donors (Lipinski definition) is 1. The largest absolute Gasteiger partial charge is 0.511 e. The molecule has 0 bridgehead atoms. The third-order valence-corrected chi connectivity index (χ3v) is 5.07. The van der Waals surface area contributed by atoms with Gasteiger partial charge in [-0.05, 0) is 18.9 Å². The van der Waals surface area contributed by atoms with Gasteiger partial charge in [0.05, 0.1) is 24.0 Å². The quantitative estimate of drug-likeness (QED) is 0.343. The second kappa shape index (κ2) is 7.25. The Morgan fingerprint density at radius 1 is 1.54 bits per heavy atom. The number of Topliss-reactive ketones (excluding diaryl/α,β-unsaturated/α-hetero) is 1. The molecule has 2 aliphatic heterocycles. The summed E-state index contributed by atoms with van der Waals surface area (Å²) in [4.78, 5) is 17.7. The van der Waals surface area contributed by atoms with Gasteiger partial charge in [-0.25, -0.2) is 0 Å². The smallest absolute Gasteiger partial charge is 0.168 e. The number of nitrogens with zero attached hydrogens (tertiary/aromatic N) is 1. The van der Waals surface area contributed by atoms with Crippen LogP contribution in [0.4, 0.5) is 0 Å². The Kier molecular flexibility index (Phi) is 5.27. The van der Waals surface area contributed by atoms with Gasteiger partial charge >= 0.3 is 0 Å². The number of oxime groups is 1. The summed E-state index contributed by atoms with van der Waals surface area (Å²) in [5.74, 6) is -0.0881. The van der Waals surface area contributed by atoms with Crippen molar-refractivity contribution in [1.29, 1.82) is 0 Å². The zero-order chi connectivity index (χ0) is 17.2. The first-order valence-corrected chi connectivity index (χ1v) is 8.71. The van der Waals surface area contributed by atoms with E-state index in [0.717, 1.165) is 6.42 Å². The van der Waals surface area contributed by atoms with Crippen LogP contribution in [0.2, 0.25) is 0 Å². The van der Waals surface area contributed by atoms with Gasteiger partial charge in [-0.1, -0.05) is 23.7 Å². The monoisotopic (exact) mass is 355 g/mol. The Labute approximate surface area is 146 Å². The highest BCUT2D eigenvalue weighted by atomic mass is 35.5. The van der Waals surface area contributed by atoms with Gasteiger partial charge in [0, 0.05) is 30.9 Å². The maximum Gasteiger partial charge on any atom is 0.168 e. The molecule has 0 aromatic heterocycles. The van der Waals surface area contributed by atoms with Crippen molar-refractivity contribution in [3.63, 3.8) is 0 Å². The van der Waals surface area contributed by atoms with E-state index in [1.54, 1.807) is 6.08 Å². The van der Waals surface area contributed by atoms with Crippen LogP contribution in [-0.4, -0.2) is 48.1 Å². The fourth-order valence-corrected chi connectivity index (χ4v) is 3.68. The third kappa shape index (κ3) is 3.23. The van der Waals surface area contributed by atoms with Crippen molar-refractivity contribution in [2.75, 3.05) is 19.8 Å². The zero-order valence-electron chi connectivity index (χ0n) is 13.7. The van der Waals surface area contributed by atoms with Gasteiger partial charge in [0.1, 0.15) is 18.0 Å². The number of ether oxygens (including phenoxy) is 2. The van der Waals surface area contributed by atoms with E-state index in [-0.39, 0.29) is 35.7 Å². The summed E-state index contributed by atoms with van der Waals surface area (Å²) in [5, 5.41) is 14.5. The molecule has 1 aliphatic carbocycles. The number of aliphatic hydroxyl groups is 1. The Bertz CT molecular complexity index is 600. The molecule has 0 spiro atoms. The first-order valence-electron chi connectivity index (χ1n) is 8.27. The topological polar surface area (TPSA) is 80.7 Å². The molecule has 0 aromatic carbocycles. The van der Waals surface area contributed by atoms with Crippen LogP contribution in [-0.2, 0) is 19.1 Å². The molecule has 0 amide bonds. The van der Waals surface area contributed by atoms with E-state index in [2.05, 4.69) is 5.16 Å². The Balaban J connectivity index is 1.74. The van der Waals surface area contributed by atoms with Crippen LogP contribution in [0.15, 0.2) is 28.1 Å². The summed E-state index contributed by atoms with van der Waals surface area (Å²) in [6, 6.07) is 0. The molecule has 3 rings (SSSR count). The number of epoxide rings is 1. The average Bonchev–Trinajstić information content (AvgIpc) is 3.32. The van der Waals surface area contributed by atoms with E-state index in [1.165, 1.54) is 5.54 Å². The number of allylic oxidation sites excluding steroid dienone is 2. The highest BCUT2D eigenvalue weighted by molar-refractivity contribution is 6.25. The second-order valence-corrected chi connectivity index (χ2v) is 6.55. The number of rotatable bonds is 6. The van der Waals surface area contributed by atoms with Crippen molar-refractivity contribution in [2.24, 2.45) is 11.1 Å². The van der Waals surface area contributed by atoms with Gasteiger partial charge in [0.25, 0.3) is 0 Å². The maximum atomic E-state index is 12.6. The van der Waals surface area contributed by atoms with Crippen LogP contribution in [0.25, 0.3) is 0 Å². The number of fused-ring (bicyclic) bond motifs is 1. The molecule has 0 radical (unpaired) electrons. The normalized spacial score (nSPS) is 33.8. The molecular formula is C17H22ClNO5. The van der Waals surface area contributed by atoms with Crippen molar-refractivity contribution in [3.05, 3.63) is 22.9 Å². The zero-order valence-corrected chi connectivity index (χ0v) is 14.4. The first-order chi connectivity index (χ1) is 11.6. The van der Waals surface area contributed by atoms with Crippen LogP contribution < -0.4 is 0 Å². The standard InChI is InChI=1S/C17H22ClNO5/c1-2-12(19-23-6-3-5-18)16-13(20)8-11(9-14(16)21)17-10-22-7-4-15(17)24-17/h3,5,11,15,20H,2,4,6-10H2,1H3. The Hall–Kier alpha value is -1.37. The number of halogens is 1. The highest BCUT2D eigenvalue weighted by Gasteiger charge is 2.63.